The lowest BCUT2D eigenvalue weighted by atomic mass is 10.3. The van der Waals surface area contributed by atoms with Crippen molar-refractivity contribution in [1.82, 2.24) is 9.36 Å². The van der Waals surface area contributed by atoms with Crippen LogP contribution in [-0.2, 0) is 0 Å². The SMILES string of the molecule is Cc1nsc(Oc2ccc(F)c(Br)c2)n1. The highest BCUT2D eigenvalue weighted by molar-refractivity contribution is 9.10. The van der Waals surface area contributed by atoms with Crippen LogP contribution < -0.4 is 4.74 Å². The van der Waals surface area contributed by atoms with E-state index in [1.54, 1.807) is 13.0 Å². The van der Waals surface area contributed by atoms with Gasteiger partial charge in [-0.15, -0.1) is 0 Å². The summed E-state index contributed by atoms with van der Waals surface area (Å²) in [6.45, 7) is 1.78. The van der Waals surface area contributed by atoms with Crippen molar-refractivity contribution < 1.29 is 9.13 Å². The molecule has 0 N–H and O–H groups in total. The van der Waals surface area contributed by atoms with Crippen LogP contribution in [0, 0.1) is 12.7 Å². The maximum atomic E-state index is 12.9. The van der Waals surface area contributed by atoms with E-state index in [-0.39, 0.29) is 5.82 Å². The van der Waals surface area contributed by atoms with Gasteiger partial charge >= 0.3 is 0 Å². The first-order chi connectivity index (χ1) is 7.15. The minimum atomic E-state index is -0.323. The largest absolute Gasteiger partial charge is 0.430 e. The van der Waals surface area contributed by atoms with Gasteiger partial charge in [0, 0.05) is 11.5 Å². The Bertz CT molecular complexity index is 489. The molecule has 1 aromatic carbocycles. The van der Waals surface area contributed by atoms with Crippen LogP contribution in [0.3, 0.4) is 0 Å². The summed E-state index contributed by atoms with van der Waals surface area (Å²) in [5, 5.41) is 0.450. The molecule has 0 aliphatic rings. The Hall–Kier alpha value is -1.01. The quantitative estimate of drug-likeness (QED) is 0.848. The third-order valence-electron chi connectivity index (χ3n) is 1.61. The fourth-order valence-electron chi connectivity index (χ4n) is 0.961. The molecular formula is C9H6BrFN2OS. The van der Waals surface area contributed by atoms with E-state index in [4.69, 9.17) is 4.74 Å². The smallest absolute Gasteiger partial charge is 0.298 e. The Balaban J connectivity index is 2.21. The second-order valence-electron chi connectivity index (χ2n) is 2.79. The maximum Gasteiger partial charge on any atom is 0.298 e. The van der Waals surface area contributed by atoms with Gasteiger partial charge in [-0.3, -0.25) is 0 Å². The first-order valence-electron chi connectivity index (χ1n) is 4.08. The standard InChI is InChI=1S/C9H6BrFN2OS/c1-5-12-9(15-13-5)14-6-2-3-8(11)7(10)4-6/h2-4H,1H3. The maximum absolute atomic E-state index is 12.9. The zero-order valence-corrected chi connectivity index (χ0v) is 10.1. The van der Waals surface area contributed by atoms with Gasteiger partial charge in [-0.25, -0.2) is 4.39 Å². The van der Waals surface area contributed by atoms with Crippen LogP contribution in [0.15, 0.2) is 22.7 Å². The normalized spacial score (nSPS) is 10.3. The lowest BCUT2D eigenvalue weighted by Gasteiger charge is -2.01. The molecular weight excluding hydrogens is 283 g/mol. The summed E-state index contributed by atoms with van der Waals surface area (Å²) in [6, 6.07) is 4.41. The summed E-state index contributed by atoms with van der Waals surface area (Å²) in [5.41, 5.74) is 0. The number of ether oxygens (including phenoxy) is 1. The second-order valence-corrected chi connectivity index (χ2v) is 4.35. The molecule has 6 heteroatoms. The number of aromatic nitrogens is 2. The molecule has 0 radical (unpaired) electrons. The Labute approximate surface area is 98.2 Å². The zero-order chi connectivity index (χ0) is 10.8. The Morgan fingerprint density at radius 1 is 1.47 bits per heavy atom. The molecule has 0 unspecified atom stereocenters. The van der Waals surface area contributed by atoms with Crippen molar-refractivity contribution in [3.63, 3.8) is 0 Å². The summed E-state index contributed by atoms with van der Waals surface area (Å²) in [4.78, 5) is 4.03. The molecule has 2 rings (SSSR count). The highest BCUT2D eigenvalue weighted by Gasteiger charge is 2.05. The summed E-state index contributed by atoms with van der Waals surface area (Å²) in [5.74, 6) is 0.867. The molecule has 2 aromatic rings. The number of rotatable bonds is 2. The molecule has 0 atom stereocenters. The van der Waals surface area contributed by atoms with E-state index < -0.39 is 0 Å². The monoisotopic (exact) mass is 288 g/mol. The van der Waals surface area contributed by atoms with Crippen LogP contribution >= 0.6 is 27.5 Å². The van der Waals surface area contributed by atoms with Crippen molar-refractivity contribution in [3.8, 4) is 10.9 Å². The van der Waals surface area contributed by atoms with Crippen LogP contribution in [0.1, 0.15) is 5.82 Å². The molecule has 0 spiro atoms. The Kier molecular flexibility index (Phi) is 2.97. The lowest BCUT2D eigenvalue weighted by Crippen LogP contribution is -1.85. The van der Waals surface area contributed by atoms with Gasteiger partial charge in [-0.05, 0) is 41.1 Å². The predicted molar refractivity (Wildman–Crippen MR) is 58.8 cm³/mol. The Morgan fingerprint density at radius 3 is 2.87 bits per heavy atom. The van der Waals surface area contributed by atoms with Gasteiger partial charge in [0.25, 0.3) is 5.19 Å². The van der Waals surface area contributed by atoms with Gasteiger partial charge in [0.15, 0.2) is 0 Å². The number of halogens is 2. The van der Waals surface area contributed by atoms with Crippen molar-refractivity contribution in [3.05, 3.63) is 34.3 Å². The van der Waals surface area contributed by atoms with E-state index in [1.165, 1.54) is 12.1 Å². The average Bonchev–Trinajstić information content (AvgIpc) is 2.58. The zero-order valence-electron chi connectivity index (χ0n) is 7.70. The van der Waals surface area contributed by atoms with Crippen molar-refractivity contribution >= 4 is 27.5 Å². The molecule has 1 heterocycles. The van der Waals surface area contributed by atoms with Gasteiger partial charge < -0.3 is 4.74 Å². The molecule has 78 valence electrons. The van der Waals surface area contributed by atoms with E-state index in [2.05, 4.69) is 25.3 Å². The molecule has 0 saturated carbocycles. The first-order valence-corrected chi connectivity index (χ1v) is 5.65. The van der Waals surface area contributed by atoms with Crippen LogP contribution in [0.25, 0.3) is 0 Å². The van der Waals surface area contributed by atoms with E-state index >= 15 is 0 Å². The second kappa shape index (κ2) is 4.24. The fourth-order valence-corrected chi connectivity index (χ4v) is 1.88. The van der Waals surface area contributed by atoms with E-state index in [0.717, 1.165) is 11.5 Å². The van der Waals surface area contributed by atoms with E-state index in [0.29, 0.717) is 21.2 Å². The van der Waals surface area contributed by atoms with Crippen LogP contribution in [0.5, 0.6) is 10.9 Å². The molecule has 0 aliphatic carbocycles. The molecule has 3 nitrogen and oxygen atoms in total. The summed E-state index contributed by atoms with van der Waals surface area (Å²) in [7, 11) is 0. The number of nitrogens with zero attached hydrogens (tertiary/aromatic N) is 2. The summed E-state index contributed by atoms with van der Waals surface area (Å²) < 4.78 is 22.6. The van der Waals surface area contributed by atoms with Crippen molar-refractivity contribution in [2.45, 2.75) is 6.92 Å². The highest BCUT2D eigenvalue weighted by Crippen LogP contribution is 2.27. The molecule has 0 fully saturated rings. The minimum Gasteiger partial charge on any atom is -0.430 e. The number of hydrogen-bond donors (Lipinski definition) is 0. The van der Waals surface area contributed by atoms with Gasteiger partial charge in [0.1, 0.15) is 17.4 Å². The van der Waals surface area contributed by atoms with Crippen LogP contribution in [0.4, 0.5) is 4.39 Å². The topological polar surface area (TPSA) is 35.0 Å². The van der Waals surface area contributed by atoms with Crippen molar-refractivity contribution in [2.24, 2.45) is 0 Å². The molecule has 1 aromatic heterocycles. The molecule has 0 amide bonds. The van der Waals surface area contributed by atoms with E-state index in [9.17, 15) is 4.39 Å². The minimum absolute atomic E-state index is 0.323. The molecule has 15 heavy (non-hydrogen) atoms. The summed E-state index contributed by atoms with van der Waals surface area (Å²) >= 11 is 4.24. The van der Waals surface area contributed by atoms with Gasteiger partial charge in [0.05, 0.1) is 4.47 Å². The van der Waals surface area contributed by atoms with Gasteiger partial charge in [-0.2, -0.15) is 9.36 Å². The van der Waals surface area contributed by atoms with Gasteiger partial charge in [-0.1, -0.05) is 0 Å². The molecule has 0 bridgehead atoms. The number of aryl methyl sites for hydroxylation is 1. The third-order valence-corrected chi connectivity index (χ3v) is 2.90. The fraction of sp³-hybridized carbons (Fsp3) is 0.111. The predicted octanol–water partition coefficient (Wildman–Crippen LogP) is 3.54. The summed E-state index contributed by atoms with van der Waals surface area (Å²) in [6.07, 6.45) is 0. The van der Waals surface area contributed by atoms with Crippen molar-refractivity contribution in [2.75, 3.05) is 0 Å². The molecule has 0 saturated heterocycles. The third kappa shape index (κ3) is 2.51. The van der Waals surface area contributed by atoms with Gasteiger partial charge in [0.2, 0.25) is 0 Å². The average molecular weight is 289 g/mol. The highest BCUT2D eigenvalue weighted by atomic mass is 79.9. The van der Waals surface area contributed by atoms with E-state index in [1.807, 2.05) is 0 Å². The Morgan fingerprint density at radius 2 is 2.27 bits per heavy atom. The molecule has 0 aliphatic heterocycles. The van der Waals surface area contributed by atoms with Crippen molar-refractivity contribution in [1.29, 1.82) is 0 Å². The first kappa shape index (κ1) is 10.5. The van der Waals surface area contributed by atoms with Crippen LogP contribution in [-0.4, -0.2) is 9.36 Å². The number of benzene rings is 1. The number of hydrogen-bond acceptors (Lipinski definition) is 4. The van der Waals surface area contributed by atoms with Crippen LogP contribution in [0.2, 0.25) is 0 Å². The lowest BCUT2D eigenvalue weighted by molar-refractivity contribution is 0.475.